The Hall–Kier alpha value is -1.90. The second kappa shape index (κ2) is 5.43. The molecule has 1 atom stereocenters. The molecule has 1 saturated heterocycles. The minimum absolute atomic E-state index is 0.0801. The van der Waals surface area contributed by atoms with E-state index >= 15 is 0 Å². The molecule has 1 fully saturated rings. The van der Waals surface area contributed by atoms with Crippen molar-refractivity contribution < 1.29 is 9.59 Å². The Bertz CT molecular complexity index is 425. The van der Waals surface area contributed by atoms with Crippen molar-refractivity contribution in [2.45, 2.75) is 18.9 Å². The van der Waals surface area contributed by atoms with Gasteiger partial charge in [-0.05, 0) is 24.5 Å². The summed E-state index contributed by atoms with van der Waals surface area (Å²) in [5.41, 5.74) is 0.989. The van der Waals surface area contributed by atoms with Crippen LogP contribution in [0.4, 0.5) is 0 Å². The largest absolute Gasteiger partial charge is 0.329 e. The number of nitrogens with zero attached hydrogens (tertiary/aromatic N) is 1. The predicted molar refractivity (Wildman–Crippen MR) is 66.3 cm³/mol. The summed E-state index contributed by atoms with van der Waals surface area (Å²) in [5.74, 6) is -0.0801. The molecule has 0 radical (unpaired) electrons. The summed E-state index contributed by atoms with van der Waals surface area (Å²) in [6.07, 6.45) is 5.88. The van der Waals surface area contributed by atoms with Crippen LogP contribution in [0.15, 0.2) is 36.4 Å². The van der Waals surface area contributed by atoms with Crippen molar-refractivity contribution in [2.24, 2.45) is 0 Å². The molecule has 17 heavy (non-hydrogen) atoms. The van der Waals surface area contributed by atoms with Gasteiger partial charge in [-0.2, -0.15) is 0 Å². The van der Waals surface area contributed by atoms with E-state index in [4.69, 9.17) is 0 Å². The van der Waals surface area contributed by atoms with Crippen LogP contribution in [0.25, 0.3) is 6.08 Å². The molecule has 3 nitrogen and oxygen atoms in total. The van der Waals surface area contributed by atoms with E-state index < -0.39 is 0 Å². The lowest BCUT2D eigenvalue weighted by Gasteiger charge is -2.18. The number of hydrogen-bond donors (Lipinski definition) is 0. The third kappa shape index (κ3) is 2.81. The third-order valence-corrected chi connectivity index (χ3v) is 2.96. The SMILES string of the molecule is O=C[C@@H]1CCCN1C(=O)C=Cc1ccccc1. The van der Waals surface area contributed by atoms with Crippen LogP contribution in [0.3, 0.4) is 0 Å². The van der Waals surface area contributed by atoms with Gasteiger partial charge in [0.05, 0.1) is 6.04 Å². The molecule has 0 spiro atoms. The van der Waals surface area contributed by atoms with Crippen LogP contribution in [0.1, 0.15) is 18.4 Å². The average Bonchev–Trinajstić information content (AvgIpc) is 2.85. The zero-order chi connectivity index (χ0) is 12.1. The molecule has 3 heteroatoms. The third-order valence-electron chi connectivity index (χ3n) is 2.96. The fourth-order valence-corrected chi connectivity index (χ4v) is 2.03. The van der Waals surface area contributed by atoms with Gasteiger partial charge in [0.1, 0.15) is 6.29 Å². The molecule has 0 aliphatic carbocycles. The van der Waals surface area contributed by atoms with Crippen LogP contribution >= 0.6 is 0 Å². The summed E-state index contributed by atoms with van der Waals surface area (Å²) >= 11 is 0. The molecule has 1 amide bonds. The molecular weight excluding hydrogens is 214 g/mol. The van der Waals surface area contributed by atoms with Crippen molar-refractivity contribution in [3.8, 4) is 0 Å². The van der Waals surface area contributed by atoms with E-state index in [1.165, 1.54) is 6.08 Å². The Kier molecular flexibility index (Phi) is 3.70. The number of carbonyl (C=O) groups is 2. The van der Waals surface area contributed by atoms with Gasteiger partial charge in [0.15, 0.2) is 0 Å². The Morgan fingerprint density at radius 1 is 1.29 bits per heavy atom. The topological polar surface area (TPSA) is 37.4 Å². The van der Waals surface area contributed by atoms with E-state index in [-0.39, 0.29) is 11.9 Å². The molecule has 1 aliphatic heterocycles. The molecule has 0 unspecified atom stereocenters. The van der Waals surface area contributed by atoms with E-state index in [1.54, 1.807) is 11.0 Å². The van der Waals surface area contributed by atoms with Crippen LogP contribution < -0.4 is 0 Å². The maximum atomic E-state index is 11.9. The normalized spacial score (nSPS) is 19.8. The van der Waals surface area contributed by atoms with Crippen LogP contribution in [-0.4, -0.2) is 29.7 Å². The second-order valence-corrected chi connectivity index (χ2v) is 4.12. The molecule has 0 bridgehead atoms. The zero-order valence-electron chi connectivity index (χ0n) is 9.58. The van der Waals surface area contributed by atoms with Crippen LogP contribution in [0.2, 0.25) is 0 Å². The summed E-state index contributed by atoms with van der Waals surface area (Å²) in [5, 5.41) is 0. The molecule has 0 saturated carbocycles. The molecule has 1 aliphatic rings. The summed E-state index contributed by atoms with van der Waals surface area (Å²) in [4.78, 5) is 24.3. The number of likely N-dealkylation sites (tertiary alicyclic amines) is 1. The first-order valence-corrected chi connectivity index (χ1v) is 5.80. The lowest BCUT2D eigenvalue weighted by Crippen LogP contribution is -2.35. The lowest BCUT2D eigenvalue weighted by atomic mass is 10.2. The Morgan fingerprint density at radius 2 is 2.06 bits per heavy atom. The number of benzene rings is 1. The monoisotopic (exact) mass is 229 g/mol. The van der Waals surface area contributed by atoms with Crippen LogP contribution in [-0.2, 0) is 9.59 Å². The highest BCUT2D eigenvalue weighted by atomic mass is 16.2. The molecule has 0 aromatic heterocycles. The van der Waals surface area contributed by atoms with Gasteiger partial charge in [0.2, 0.25) is 5.91 Å². The van der Waals surface area contributed by atoms with Crippen molar-refractivity contribution in [2.75, 3.05) is 6.54 Å². The smallest absolute Gasteiger partial charge is 0.247 e. The van der Waals surface area contributed by atoms with Crippen molar-refractivity contribution >= 4 is 18.3 Å². The maximum Gasteiger partial charge on any atom is 0.247 e. The molecule has 1 aromatic carbocycles. The van der Waals surface area contributed by atoms with E-state index in [2.05, 4.69) is 0 Å². The maximum absolute atomic E-state index is 11.9. The minimum Gasteiger partial charge on any atom is -0.329 e. The average molecular weight is 229 g/mol. The molecule has 1 aromatic rings. The Labute approximate surface area is 101 Å². The first-order chi connectivity index (χ1) is 8.31. The number of carbonyl (C=O) groups excluding carboxylic acids is 2. The quantitative estimate of drug-likeness (QED) is 0.586. The second-order valence-electron chi connectivity index (χ2n) is 4.12. The summed E-state index contributed by atoms with van der Waals surface area (Å²) in [7, 11) is 0. The fourth-order valence-electron chi connectivity index (χ4n) is 2.03. The van der Waals surface area contributed by atoms with Gasteiger partial charge < -0.3 is 9.69 Å². The van der Waals surface area contributed by atoms with E-state index in [1.807, 2.05) is 30.3 Å². The number of amides is 1. The molecule has 0 N–H and O–H groups in total. The van der Waals surface area contributed by atoms with Crippen LogP contribution in [0.5, 0.6) is 0 Å². The molecular formula is C14H15NO2. The first kappa shape index (κ1) is 11.6. The van der Waals surface area contributed by atoms with Gasteiger partial charge in [-0.15, -0.1) is 0 Å². The summed E-state index contributed by atoms with van der Waals surface area (Å²) < 4.78 is 0. The Balaban J connectivity index is 2.02. The Morgan fingerprint density at radius 3 is 2.76 bits per heavy atom. The number of aldehydes is 1. The highest BCUT2D eigenvalue weighted by Gasteiger charge is 2.26. The van der Waals surface area contributed by atoms with Gasteiger partial charge in [-0.25, -0.2) is 0 Å². The zero-order valence-corrected chi connectivity index (χ0v) is 9.58. The molecule has 1 heterocycles. The summed E-state index contributed by atoms with van der Waals surface area (Å²) in [6, 6.07) is 9.42. The first-order valence-electron chi connectivity index (χ1n) is 5.80. The standard InChI is InChI=1S/C14H15NO2/c16-11-13-7-4-10-15(13)14(17)9-8-12-5-2-1-3-6-12/h1-3,5-6,8-9,11,13H,4,7,10H2/t13-/m0/s1. The van der Waals surface area contributed by atoms with Gasteiger partial charge in [0.25, 0.3) is 0 Å². The molecule has 2 rings (SSSR count). The van der Waals surface area contributed by atoms with E-state index in [0.29, 0.717) is 6.54 Å². The number of rotatable bonds is 3. The highest BCUT2D eigenvalue weighted by molar-refractivity contribution is 5.93. The van der Waals surface area contributed by atoms with E-state index in [0.717, 1.165) is 24.7 Å². The van der Waals surface area contributed by atoms with Gasteiger partial charge in [-0.3, -0.25) is 4.79 Å². The van der Waals surface area contributed by atoms with Gasteiger partial charge >= 0.3 is 0 Å². The van der Waals surface area contributed by atoms with Crippen molar-refractivity contribution in [1.29, 1.82) is 0 Å². The number of hydrogen-bond acceptors (Lipinski definition) is 2. The van der Waals surface area contributed by atoms with Crippen molar-refractivity contribution in [3.05, 3.63) is 42.0 Å². The lowest BCUT2D eigenvalue weighted by molar-refractivity contribution is -0.129. The van der Waals surface area contributed by atoms with Crippen molar-refractivity contribution in [1.82, 2.24) is 4.90 Å². The van der Waals surface area contributed by atoms with Crippen molar-refractivity contribution in [3.63, 3.8) is 0 Å². The fraction of sp³-hybridized carbons (Fsp3) is 0.286. The van der Waals surface area contributed by atoms with E-state index in [9.17, 15) is 9.59 Å². The minimum atomic E-state index is -0.233. The van der Waals surface area contributed by atoms with Crippen LogP contribution in [0, 0.1) is 0 Å². The summed E-state index contributed by atoms with van der Waals surface area (Å²) in [6.45, 7) is 0.682. The predicted octanol–water partition coefficient (Wildman–Crippen LogP) is 1.89. The van der Waals surface area contributed by atoms with Gasteiger partial charge in [0, 0.05) is 12.6 Å². The molecule has 88 valence electrons. The highest BCUT2D eigenvalue weighted by Crippen LogP contribution is 2.16. The van der Waals surface area contributed by atoms with Gasteiger partial charge in [-0.1, -0.05) is 30.3 Å².